The number of anilines is 1. The van der Waals surface area contributed by atoms with Crippen molar-refractivity contribution in [3.63, 3.8) is 0 Å². The van der Waals surface area contributed by atoms with E-state index in [1.54, 1.807) is 24.3 Å². The summed E-state index contributed by atoms with van der Waals surface area (Å²) in [6.45, 7) is 4.04. The molecule has 7 nitrogen and oxygen atoms in total. The average molecular weight is 376 g/mol. The lowest BCUT2D eigenvalue weighted by atomic mass is 10.1. The van der Waals surface area contributed by atoms with Gasteiger partial charge in [-0.05, 0) is 37.1 Å². The van der Waals surface area contributed by atoms with E-state index < -0.39 is 11.1 Å². The van der Waals surface area contributed by atoms with Crippen molar-refractivity contribution in [1.82, 2.24) is 15.5 Å². The van der Waals surface area contributed by atoms with Crippen LogP contribution in [0.2, 0.25) is 0 Å². The molecule has 9 heteroatoms. The normalized spacial score (nSPS) is 12.3. The molecule has 2 heterocycles. The monoisotopic (exact) mass is 376 g/mol. The predicted molar refractivity (Wildman–Crippen MR) is 98.0 cm³/mol. The second kappa shape index (κ2) is 6.87. The van der Waals surface area contributed by atoms with Gasteiger partial charge in [0.2, 0.25) is 0 Å². The van der Waals surface area contributed by atoms with Crippen molar-refractivity contribution in [3.8, 4) is 0 Å². The highest BCUT2D eigenvalue weighted by Gasteiger charge is 2.19. The van der Waals surface area contributed by atoms with Gasteiger partial charge in [-0.25, -0.2) is 4.21 Å². The number of carbonyl (C=O) groups excluding carboxylic acids is 1. The van der Waals surface area contributed by atoms with Crippen LogP contribution in [0.5, 0.6) is 0 Å². The molecule has 25 heavy (non-hydrogen) atoms. The molecule has 4 N–H and O–H groups in total. The molecule has 2 aromatic heterocycles. The van der Waals surface area contributed by atoms with Gasteiger partial charge in [-0.2, -0.15) is 5.10 Å². The first kappa shape index (κ1) is 17.5. The molecule has 0 saturated heterocycles. The van der Waals surface area contributed by atoms with Crippen LogP contribution in [0.4, 0.5) is 5.69 Å². The van der Waals surface area contributed by atoms with E-state index in [9.17, 15) is 9.00 Å². The third kappa shape index (κ3) is 3.39. The minimum absolute atomic E-state index is 0.285. The van der Waals surface area contributed by atoms with Crippen LogP contribution in [-0.2, 0) is 17.6 Å². The molecule has 3 aromatic rings. The van der Waals surface area contributed by atoms with E-state index in [0.29, 0.717) is 20.3 Å². The van der Waals surface area contributed by atoms with Gasteiger partial charge in [-0.3, -0.25) is 4.79 Å². The molecular weight excluding hydrogens is 360 g/mol. The molecule has 0 fully saturated rings. The fourth-order valence-corrected chi connectivity index (χ4v) is 3.78. The molecule has 3 rings (SSSR count). The van der Waals surface area contributed by atoms with Crippen LogP contribution < -0.4 is 11.1 Å². The van der Waals surface area contributed by atoms with Gasteiger partial charge in [0.05, 0.1) is 16.3 Å². The van der Waals surface area contributed by atoms with E-state index in [4.69, 9.17) is 10.3 Å². The number of benzene rings is 1. The molecule has 0 radical (unpaired) electrons. The van der Waals surface area contributed by atoms with Crippen molar-refractivity contribution in [2.75, 3.05) is 5.73 Å². The zero-order valence-corrected chi connectivity index (χ0v) is 15.2. The Morgan fingerprint density at radius 3 is 2.60 bits per heavy atom. The van der Waals surface area contributed by atoms with Gasteiger partial charge in [0.25, 0.3) is 5.91 Å². The van der Waals surface area contributed by atoms with Crippen LogP contribution in [0, 0.1) is 13.8 Å². The van der Waals surface area contributed by atoms with Crippen molar-refractivity contribution in [2.45, 2.75) is 25.3 Å². The number of nitrogens with two attached hydrogens (primary N) is 1. The van der Waals surface area contributed by atoms with E-state index in [-0.39, 0.29) is 12.5 Å². The van der Waals surface area contributed by atoms with Crippen molar-refractivity contribution in [1.29, 1.82) is 0 Å². The Kier molecular flexibility index (Phi) is 4.80. The quantitative estimate of drug-likeness (QED) is 0.602. The summed E-state index contributed by atoms with van der Waals surface area (Å²) >= 11 is -0.799. The molecule has 0 spiro atoms. The first-order valence-corrected chi connectivity index (χ1v) is 9.30. The molecule has 130 valence electrons. The first-order chi connectivity index (χ1) is 11.9. The summed E-state index contributed by atoms with van der Waals surface area (Å²) < 4.78 is 20.0. The third-order valence-corrected chi connectivity index (χ3v) is 5.68. The topological polar surface area (TPSA) is 118 Å². The molecule has 1 aromatic carbocycles. The Morgan fingerprint density at radius 2 is 1.96 bits per heavy atom. The number of aromatic nitrogens is 2. The predicted octanol–water partition coefficient (Wildman–Crippen LogP) is 2.40. The second-order valence-corrected chi connectivity index (χ2v) is 7.48. The van der Waals surface area contributed by atoms with E-state index >= 15 is 0 Å². The molecule has 1 atom stereocenters. The van der Waals surface area contributed by atoms with E-state index in [1.165, 1.54) is 11.3 Å². The Morgan fingerprint density at radius 1 is 1.28 bits per heavy atom. The maximum absolute atomic E-state index is 12.5. The molecule has 1 unspecified atom stereocenters. The van der Waals surface area contributed by atoms with Gasteiger partial charge in [-0.15, -0.1) is 16.4 Å². The van der Waals surface area contributed by atoms with Crippen molar-refractivity contribution in [3.05, 3.63) is 46.0 Å². The maximum Gasteiger partial charge on any atom is 0.263 e. The highest BCUT2D eigenvalue weighted by Crippen LogP contribution is 2.34. The lowest BCUT2D eigenvalue weighted by Gasteiger charge is -2.05. The summed E-state index contributed by atoms with van der Waals surface area (Å²) in [7, 11) is 0. The number of hydrogen-bond acceptors (Lipinski definition) is 6. The van der Waals surface area contributed by atoms with Gasteiger partial charge in [0.15, 0.2) is 11.1 Å². The van der Waals surface area contributed by atoms with Gasteiger partial charge < -0.3 is 15.6 Å². The Hall–Kier alpha value is -2.36. The maximum atomic E-state index is 12.5. The minimum Gasteiger partial charge on any atom is -0.397 e. The van der Waals surface area contributed by atoms with Gasteiger partial charge >= 0.3 is 0 Å². The number of amides is 1. The van der Waals surface area contributed by atoms with E-state index in [2.05, 4.69) is 15.5 Å². The Labute approximate surface area is 150 Å². The molecular formula is C16H16N4O3S2. The average Bonchev–Trinajstić information content (AvgIpc) is 2.94. The highest BCUT2D eigenvalue weighted by molar-refractivity contribution is 7.79. The number of nitrogens with zero attached hydrogens (tertiary/aromatic N) is 2. The Balaban J connectivity index is 1.79. The Bertz CT molecular complexity index is 983. The molecule has 0 bridgehead atoms. The van der Waals surface area contributed by atoms with Crippen LogP contribution in [0.3, 0.4) is 0 Å². The zero-order chi connectivity index (χ0) is 18.1. The zero-order valence-electron chi connectivity index (χ0n) is 13.6. The number of fused-ring (bicyclic) bond motifs is 1. The fraction of sp³-hybridized carbons (Fsp3) is 0.188. The number of carbonyl (C=O) groups is 1. The number of hydrogen-bond donors (Lipinski definition) is 3. The van der Waals surface area contributed by atoms with E-state index in [0.717, 1.165) is 22.2 Å². The molecule has 1 amide bonds. The lowest BCUT2D eigenvalue weighted by molar-refractivity contribution is 0.0956. The van der Waals surface area contributed by atoms with Crippen molar-refractivity contribution >= 4 is 44.2 Å². The summed E-state index contributed by atoms with van der Waals surface area (Å²) in [6, 6.07) is 6.48. The summed E-state index contributed by atoms with van der Waals surface area (Å²) in [6.07, 6.45) is 0. The number of rotatable bonds is 4. The van der Waals surface area contributed by atoms with Crippen molar-refractivity contribution < 1.29 is 13.6 Å². The summed E-state index contributed by atoms with van der Waals surface area (Å²) in [5, 5.41) is 11.8. The summed E-state index contributed by atoms with van der Waals surface area (Å²) in [5.41, 5.74) is 9.09. The number of nitrogens with one attached hydrogen (secondary N) is 1. The molecule has 0 saturated carbocycles. The van der Waals surface area contributed by atoms with Gasteiger partial charge in [0.1, 0.15) is 9.71 Å². The molecule has 0 aliphatic heterocycles. The van der Waals surface area contributed by atoms with Crippen LogP contribution in [-0.4, -0.2) is 24.9 Å². The van der Waals surface area contributed by atoms with Crippen molar-refractivity contribution in [2.24, 2.45) is 0 Å². The smallest absolute Gasteiger partial charge is 0.263 e. The third-order valence-electron chi connectivity index (χ3n) is 3.92. The van der Waals surface area contributed by atoms with Crippen LogP contribution in [0.1, 0.15) is 26.5 Å². The molecule has 0 aliphatic carbocycles. The standard InChI is InChI=1S/C16H16N4O3S2/c1-8-9(2)19-20-16-12(8)13(17)14(24-16)15(21)18-7-10-3-5-11(6-4-10)25(22)23/h3-6H,7,17H2,1-2H3,(H,18,21)(H,22,23). The van der Waals surface area contributed by atoms with E-state index in [1.807, 2.05) is 13.8 Å². The lowest BCUT2D eigenvalue weighted by Crippen LogP contribution is -2.22. The second-order valence-electron chi connectivity index (χ2n) is 5.51. The largest absolute Gasteiger partial charge is 0.397 e. The first-order valence-electron chi connectivity index (χ1n) is 7.38. The number of thiophene rings is 1. The van der Waals surface area contributed by atoms with Crippen LogP contribution in [0.15, 0.2) is 29.2 Å². The van der Waals surface area contributed by atoms with Gasteiger partial charge in [-0.1, -0.05) is 12.1 Å². The highest BCUT2D eigenvalue weighted by atomic mass is 32.2. The number of nitrogen functional groups attached to an aromatic ring is 1. The minimum atomic E-state index is -2.01. The summed E-state index contributed by atoms with van der Waals surface area (Å²) in [5.74, 6) is -0.285. The fourth-order valence-electron chi connectivity index (χ4n) is 2.40. The summed E-state index contributed by atoms with van der Waals surface area (Å²) in [4.78, 5) is 13.8. The SMILES string of the molecule is Cc1nnc2sc(C(=O)NCc3ccc(S(=O)O)cc3)c(N)c2c1C. The van der Waals surface area contributed by atoms with Gasteiger partial charge in [0, 0.05) is 11.9 Å². The number of aryl methyl sites for hydroxylation is 2. The van der Waals surface area contributed by atoms with Crippen LogP contribution >= 0.6 is 11.3 Å². The molecule has 0 aliphatic rings. The van der Waals surface area contributed by atoms with Crippen LogP contribution in [0.25, 0.3) is 10.2 Å².